The molecule has 146 valence electrons. The lowest BCUT2D eigenvalue weighted by molar-refractivity contribution is 0.102. The SMILES string of the molecule is O=C(Nc1ncn(Cc2ccc(Br)cc2)n1)c1cc2ccccc2c2cccnc12. The van der Waals surface area contributed by atoms with Crippen molar-refractivity contribution in [2.45, 2.75) is 6.54 Å². The molecule has 0 unspecified atom stereocenters. The monoisotopic (exact) mass is 457 g/mol. The van der Waals surface area contributed by atoms with E-state index in [9.17, 15) is 4.79 Å². The molecule has 0 fully saturated rings. The van der Waals surface area contributed by atoms with E-state index >= 15 is 0 Å². The predicted octanol–water partition coefficient (Wildman–Crippen LogP) is 5.04. The second kappa shape index (κ2) is 7.68. The molecule has 1 amide bonds. The minimum atomic E-state index is -0.286. The van der Waals surface area contributed by atoms with Crippen LogP contribution in [0.2, 0.25) is 0 Å². The van der Waals surface area contributed by atoms with Crippen molar-refractivity contribution in [2.75, 3.05) is 5.32 Å². The molecule has 0 bridgehead atoms. The van der Waals surface area contributed by atoms with E-state index in [1.54, 1.807) is 17.2 Å². The van der Waals surface area contributed by atoms with Gasteiger partial charge < -0.3 is 0 Å². The Morgan fingerprint density at radius 1 is 0.967 bits per heavy atom. The molecule has 0 aliphatic heterocycles. The number of halogens is 1. The lowest BCUT2D eigenvalue weighted by Crippen LogP contribution is -2.14. The summed E-state index contributed by atoms with van der Waals surface area (Å²) < 4.78 is 2.71. The average molecular weight is 458 g/mol. The van der Waals surface area contributed by atoms with Gasteiger partial charge in [0, 0.05) is 16.1 Å². The van der Waals surface area contributed by atoms with Gasteiger partial charge in [0.15, 0.2) is 0 Å². The van der Waals surface area contributed by atoms with Crippen LogP contribution in [-0.4, -0.2) is 25.7 Å². The van der Waals surface area contributed by atoms with Gasteiger partial charge in [0.2, 0.25) is 5.95 Å². The van der Waals surface area contributed by atoms with E-state index in [-0.39, 0.29) is 11.9 Å². The van der Waals surface area contributed by atoms with Gasteiger partial charge in [-0.15, -0.1) is 5.10 Å². The molecule has 0 aliphatic carbocycles. The van der Waals surface area contributed by atoms with E-state index in [0.717, 1.165) is 26.2 Å². The maximum atomic E-state index is 13.0. The number of anilines is 1. The molecule has 5 aromatic rings. The molecule has 2 aromatic heterocycles. The molecular formula is C23H16BrN5O. The lowest BCUT2D eigenvalue weighted by Gasteiger charge is -2.09. The molecular weight excluding hydrogens is 442 g/mol. The predicted molar refractivity (Wildman–Crippen MR) is 120 cm³/mol. The molecule has 0 aliphatic rings. The number of fused-ring (bicyclic) bond motifs is 3. The molecule has 1 N–H and O–H groups in total. The number of rotatable bonds is 4. The van der Waals surface area contributed by atoms with Crippen LogP contribution < -0.4 is 5.32 Å². The third-order valence-electron chi connectivity index (χ3n) is 4.88. The Bertz CT molecular complexity index is 1380. The van der Waals surface area contributed by atoms with Crippen LogP contribution >= 0.6 is 15.9 Å². The smallest absolute Gasteiger partial charge is 0.260 e. The highest BCUT2D eigenvalue weighted by atomic mass is 79.9. The van der Waals surface area contributed by atoms with Crippen molar-refractivity contribution in [1.29, 1.82) is 0 Å². The third kappa shape index (κ3) is 3.55. The molecule has 3 aromatic carbocycles. The van der Waals surface area contributed by atoms with Crippen molar-refractivity contribution >= 4 is 49.5 Å². The molecule has 7 heteroatoms. The van der Waals surface area contributed by atoms with Crippen LogP contribution in [0.5, 0.6) is 0 Å². The van der Waals surface area contributed by atoms with Crippen LogP contribution in [0.15, 0.2) is 83.7 Å². The molecule has 0 saturated heterocycles. The Morgan fingerprint density at radius 3 is 2.63 bits per heavy atom. The molecule has 2 heterocycles. The lowest BCUT2D eigenvalue weighted by atomic mass is 10.0. The first kappa shape index (κ1) is 18.4. The van der Waals surface area contributed by atoms with Crippen LogP contribution in [0, 0.1) is 0 Å². The molecule has 0 radical (unpaired) electrons. The highest BCUT2D eigenvalue weighted by molar-refractivity contribution is 9.10. The van der Waals surface area contributed by atoms with Crippen molar-refractivity contribution in [3.63, 3.8) is 0 Å². The van der Waals surface area contributed by atoms with Crippen LogP contribution in [0.3, 0.4) is 0 Å². The fraction of sp³-hybridized carbons (Fsp3) is 0.0435. The summed E-state index contributed by atoms with van der Waals surface area (Å²) in [5.41, 5.74) is 2.24. The average Bonchev–Trinajstić information content (AvgIpc) is 3.21. The number of hydrogen-bond donors (Lipinski definition) is 1. The van der Waals surface area contributed by atoms with E-state index in [1.807, 2.05) is 66.7 Å². The van der Waals surface area contributed by atoms with Crippen molar-refractivity contribution < 1.29 is 4.79 Å². The van der Waals surface area contributed by atoms with Gasteiger partial charge in [-0.2, -0.15) is 0 Å². The van der Waals surface area contributed by atoms with Crippen LogP contribution in [0.25, 0.3) is 21.7 Å². The number of nitrogens with one attached hydrogen (secondary N) is 1. The fourth-order valence-corrected chi connectivity index (χ4v) is 3.74. The Hall–Kier alpha value is -3.58. The quantitative estimate of drug-likeness (QED) is 0.383. The van der Waals surface area contributed by atoms with Gasteiger partial charge in [0.05, 0.1) is 17.6 Å². The van der Waals surface area contributed by atoms with E-state index < -0.39 is 0 Å². The number of hydrogen-bond acceptors (Lipinski definition) is 4. The van der Waals surface area contributed by atoms with Crippen molar-refractivity contribution in [3.05, 3.63) is 94.9 Å². The van der Waals surface area contributed by atoms with Gasteiger partial charge >= 0.3 is 0 Å². The molecule has 6 nitrogen and oxygen atoms in total. The Balaban J connectivity index is 1.43. The van der Waals surface area contributed by atoms with Crippen LogP contribution in [0.4, 0.5) is 5.95 Å². The topological polar surface area (TPSA) is 72.7 Å². The summed E-state index contributed by atoms with van der Waals surface area (Å²) in [5.74, 6) is -0.0276. The number of carbonyl (C=O) groups is 1. The minimum absolute atomic E-state index is 0.259. The number of pyridine rings is 1. The first-order valence-electron chi connectivity index (χ1n) is 9.39. The molecule has 0 spiro atoms. The minimum Gasteiger partial charge on any atom is -0.289 e. The Labute approximate surface area is 180 Å². The maximum Gasteiger partial charge on any atom is 0.260 e. The normalized spacial score (nSPS) is 11.1. The summed E-state index contributed by atoms with van der Waals surface area (Å²) in [6, 6.07) is 21.7. The second-order valence-electron chi connectivity index (χ2n) is 6.89. The Kier molecular flexibility index (Phi) is 4.72. The zero-order valence-electron chi connectivity index (χ0n) is 15.8. The summed E-state index contributed by atoms with van der Waals surface area (Å²) in [7, 11) is 0. The number of amides is 1. The molecule has 5 rings (SSSR count). The first-order valence-corrected chi connectivity index (χ1v) is 10.2. The summed E-state index contributed by atoms with van der Waals surface area (Å²) in [4.78, 5) is 21.7. The van der Waals surface area contributed by atoms with Crippen molar-refractivity contribution in [1.82, 2.24) is 19.7 Å². The zero-order chi connectivity index (χ0) is 20.5. The van der Waals surface area contributed by atoms with Gasteiger partial charge in [0.25, 0.3) is 5.91 Å². The van der Waals surface area contributed by atoms with Gasteiger partial charge in [-0.25, -0.2) is 9.67 Å². The highest BCUT2D eigenvalue weighted by Gasteiger charge is 2.16. The fourth-order valence-electron chi connectivity index (χ4n) is 3.48. The van der Waals surface area contributed by atoms with Gasteiger partial charge in [-0.1, -0.05) is 58.4 Å². The number of nitrogens with zero attached hydrogens (tertiary/aromatic N) is 4. The highest BCUT2D eigenvalue weighted by Crippen LogP contribution is 2.27. The van der Waals surface area contributed by atoms with E-state index in [1.165, 1.54) is 0 Å². The summed E-state index contributed by atoms with van der Waals surface area (Å²) in [6.07, 6.45) is 3.30. The molecule has 0 saturated carbocycles. The van der Waals surface area contributed by atoms with Crippen molar-refractivity contribution in [3.8, 4) is 0 Å². The van der Waals surface area contributed by atoms with E-state index in [0.29, 0.717) is 17.6 Å². The van der Waals surface area contributed by atoms with Gasteiger partial charge in [-0.05, 0) is 40.6 Å². The number of benzene rings is 3. The summed E-state index contributed by atoms with van der Waals surface area (Å²) in [6.45, 7) is 0.566. The van der Waals surface area contributed by atoms with E-state index in [2.05, 4.69) is 36.3 Å². The zero-order valence-corrected chi connectivity index (χ0v) is 17.4. The van der Waals surface area contributed by atoms with Crippen LogP contribution in [-0.2, 0) is 6.54 Å². The Morgan fingerprint density at radius 2 is 1.77 bits per heavy atom. The van der Waals surface area contributed by atoms with Gasteiger partial charge in [-0.3, -0.25) is 15.1 Å². The molecule has 0 atom stereocenters. The van der Waals surface area contributed by atoms with E-state index in [4.69, 9.17) is 0 Å². The largest absolute Gasteiger partial charge is 0.289 e. The summed E-state index contributed by atoms with van der Waals surface area (Å²) in [5, 5.41) is 10.2. The maximum absolute atomic E-state index is 13.0. The van der Waals surface area contributed by atoms with Gasteiger partial charge in [0.1, 0.15) is 6.33 Å². The standard InChI is InChI=1S/C23H16BrN5O/c24-17-9-7-15(8-10-17)13-29-14-26-23(28-29)27-22(30)20-12-16-4-1-2-5-18(16)19-6-3-11-25-21(19)20/h1-12,14H,13H2,(H,27,28,30). The van der Waals surface area contributed by atoms with Crippen LogP contribution in [0.1, 0.15) is 15.9 Å². The first-order chi connectivity index (χ1) is 14.7. The second-order valence-corrected chi connectivity index (χ2v) is 7.81. The third-order valence-corrected chi connectivity index (χ3v) is 5.41. The number of carbonyl (C=O) groups excluding carboxylic acids is 1. The molecule has 30 heavy (non-hydrogen) atoms. The number of aromatic nitrogens is 4. The van der Waals surface area contributed by atoms with Crippen molar-refractivity contribution in [2.24, 2.45) is 0 Å². The summed E-state index contributed by atoms with van der Waals surface area (Å²) >= 11 is 3.43.